The Bertz CT molecular complexity index is 228. The molecule has 2 aliphatic rings. The van der Waals surface area contributed by atoms with Crippen LogP contribution in [0.3, 0.4) is 0 Å². The van der Waals surface area contributed by atoms with Crippen LogP contribution in [0.1, 0.15) is 33.1 Å². The number of carbonyl (C=O) groups excluding carboxylic acids is 1. The minimum atomic E-state index is 0.371. The highest BCUT2D eigenvalue weighted by molar-refractivity contribution is 5.79. The zero-order valence-corrected chi connectivity index (χ0v) is 9.91. The lowest BCUT2D eigenvalue weighted by atomic mass is 9.84. The first kappa shape index (κ1) is 10.9. The standard InChI is InChI=1S/C12H22N2O/c1-10(2)13-6-8-14(9-7-13)12(15)11-4-3-5-11/h10-11H,3-9H2,1-2H3. The van der Waals surface area contributed by atoms with Gasteiger partial charge in [-0.3, -0.25) is 9.69 Å². The molecule has 1 saturated carbocycles. The number of hydrogen-bond acceptors (Lipinski definition) is 2. The first-order valence-corrected chi connectivity index (χ1v) is 6.21. The van der Waals surface area contributed by atoms with Crippen LogP contribution in [0.4, 0.5) is 0 Å². The van der Waals surface area contributed by atoms with Gasteiger partial charge in [0.25, 0.3) is 0 Å². The number of hydrogen-bond donors (Lipinski definition) is 0. The maximum absolute atomic E-state index is 12.0. The van der Waals surface area contributed by atoms with Crippen LogP contribution in [-0.2, 0) is 4.79 Å². The van der Waals surface area contributed by atoms with Crippen LogP contribution in [0.25, 0.3) is 0 Å². The number of amides is 1. The van der Waals surface area contributed by atoms with Crippen molar-refractivity contribution in [2.45, 2.75) is 39.2 Å². The third-order valence-electron chi connectivity index (χ3n) is 3.81. The van der Waals surface area contributed by atoms with Crippen molar-refractivity contribution in [2.75, 3.05) is 26.2 Å². The molecular formula is C12H22N2O. The Kier molecular flexibility index (Phi) is 3.29. The van der Waals surface area contributed by atoms with Gasteiger partial charge in [0.1, 0.15) is 0 Å². The summed E-state index contributed by atoms with van der Waals surface area (Å²) < 4.78 is 0. The Labute approximate surface area is 92.4 Å². The van der Waals surface area contributed by atoms with Gasteiger partial charge < -0.3 is 4.90 Å². The van der Waals surface area contributed by atoms with E-state index in [0.29, 0.717) is 17.9 Å². The molecule has 0 bridgehead atoms. The molecule has 0 aromatic carbocycles. The zero-order valence-electron chi connectivity index (χ0n) is 9.91. The van der Waals surface area contributed by atoms with Crippen molar-refractivity contribution in [1.82, 2.24) is 9.80 Å². The highest BCUT2D eigenvalue weighted by Crippen LogP contribution is 2.28. The van der Waals surface area contributed by atoms with Gasteiger partial charge in [-0.15, -0.1) is 0 Å². The molecule has 15 heavy (non-hydrogen) atoms. The van der Waals surface area contributed by atoms with E-state index >= 15 is 0 Å². The van der Waals surface area contributed by atoms with Crippen molar-refractivity contribution in [3.05, 3.63) is 0 Å². The molecule has 2 fully saturated rings. The molecule has 1 amide bonds. The van der Waals surface area contributed by atoms with Crippen molar-refractivity contribution in [3.63, 3.8) is 0 Å². The predicted octanol–water partition coefficient (Wildman–Crippen LogP) is 1.34. The van der Waals surface area contributed by atoms with Crippen LogP contribution in [0.2, 0.25) is 0 Å². The molecule has 1 aliphatic carbocycles. The molecule has 0 N–H and O–H groups in total. The third kappa shape index (κ3) is 2.33. The highest BCUT2D eigenvalue weighted by Gasteiger charge is 2.31. The second kappa shape index (κ2) is 4.52. The van der Waals surface area contributed by atoms with Crippen LogP contribution < -0.4 is 0 Å². The maximum Gasteiger partial charge on any atom is 0.225 e. The van der Waals surface area contributed by atoms with Gasteiger partial charge in [-0.25, -0.2) is 0 Å². The van der Waals surface area contributed by atoms with Crippen molar-refractivity contribution in [1.29, 1.82) is 0 Å². The summed E-state index contributed by atoms with van der Waals surface area (Å²) in [5.74, 6) is 0.792. The predicted molar refractivity (Wildman–Crippen MR) is 60.6 cm³/mol. The largest absolute Gasteiger partial charge is 0.340 e. The molecule has 1 saturated heterocycles. The van der Waals surface area contributed by atoms with E-state index in [1.54, 1.807) is 0 Å². The van der Waals surface area contributed by atoms with Crippen molar-refractivity contribution < 1.29 is 4.79 Å². The average Bonchev–Trinajstić information content (AvgIpc) is 2.15. The van der Waals surface area contributed by atoms with Crippen LogP contribution in [0, 0.1) is 5.92 Å². The van der Waals surface area contributed by atoms with Crippen molar-refractivity contribution in [3.8, 4) is 0 Å². The fourth-order valence-corrected chi connectivity index (χ4v) is 2.37. The van der Waals surface area contributed by atoms with Gasteiger partial charge in [0.2, 0.25) is 5.91 Å². The van der Waals surface area contributed by atoms with Gasteiger partial charge in [-0.05, 0) is 26.7 Å². The fraction of sp³-hybridized carbons (Fsp3) is 0.917. The van der Waals surface area contributed by atoms with Crippen molar-refractivity contribution in [2.24, 2.45) is 5.92 Å². The molecule has 0 aromatic rings. The Morgan fingerprint density at radius 2 is 1.73 bits per heavy atom. The average molecular weight is 210 g/mol. The first-order chi connectivity index (χ1) is 7.18. The summed E-state index contributed by atoms with van der Waals surface area (Å²) in [6, 6.07) is 0.617. The molecule has 1 heterocycles. The van der Waals surface area contributed by atoms with E-state index in [0.717, 1.165) is 39.0 Å². The van der Waals surface area contributed by atoms with Crippen LogP contribution >= 0.6 is 0 Å². The minimum absolute atomic E-state index is 0.371. The second-order valence-electron chi connectivity index (χ2n) is 5.08. The Hall–Kier alpha value is -0.570. The van der Waals surface area contributed by atoms with E-state index in [-0.39, 0.29) is 0 Å². The van der Waals surface area contributed by atoms with E-state index < -0.39 is 0 Å². The molecule has 0 radical (unpaired) electrons. The summed E-state index contributed by atoms with van der Waals surface area (Å²) in [6.45, 7) is 8.43. The van der Waals surface area contributed by atoms with E-state index in [1.165, 1.54) is 6.42 Å². The molecular weight excluding hydrogens is 188 g/mol. The highest BCUT2D eigenvalue weighted by atomic mass is 16.2. The summed E-state index contributed by atoms with van der Waals surface area (Å²) >= 11 is 0. The van der Waals surface area contributed by atoms with Gasteiger partial charge in [0.15, 0.2) is 0 Å². The normalized spacial score (nSPS) is 24.3. The SMILES string of the molecule is CC(C)N1CCN(C(=O)C2CCC2)CC1. The summed E-state index contributed by atoms with van der Waals surface area (Å²) in [7, 11) is 0. The molecule has 0 aromatic heterocycles. The molecule has 3 nitrogen and oxygen atoms in total. The van der Waals surface area contributed by atoms with E-state index in [2.05, 4.69) is 23.6 Å². The van der Waals surface area contributed by atoms with Gasteiger partial charge >= 0.3 is 0 Å². The summed E-state index contributed by atoms with van der Waals surface area (Å²) in [5, 5.41) is 0. The quantitative estimate of drug-likeness (QED) is 0.686. The zero-order chi connectivity index (χ0) is 10.8. The number of rotatable bonds is 2. The first-order valence-electron chi connectivity index (χ1n) is 6.21. The topological polar surface area (TPSA) is 23.6 Å². The van der Waals surface area contributed by atoms with Crippen molar-refractivity contribution >= 4 is 5.91 Å². The smallest absolute Gasteiger partial charge is 0.225 e. The molecule has 0 unspecified atom stereocenters. The van der Waals surface area contributed by atoms with Gasteiger partial charge in [0, 0.05) is 38.1 Å². The minimum Gasteiger partial charge on any atom is -0.340 e. The molecule has 2 rings (SSSR count). The number of piperazine rings is 1. The van der Waals surface area contributed by atoms with Crippen LogP contribution in [-0.4, -0.2) is 47.9 Å². The lowest BCUT2D eigenvalue weighted by Gasteiger charge is -2.39. The second-order valence-corrected chi connectivity index (χ2v) is 5.08. The third-order valence-corrected chi connectivity index (χ3v) is 3.81. The monoisotopic (exact) mass is 210 g/mol. The molecule has 86 valence electrons. The summed E-state index contributed by atoms with van der Waals surface area (Å²) in [5.41, 5.74) is 0. The fourth-order valence-electron chi connectivity index (χ4n) is 2.37. The Balaban J connectivity index is 1.79. The molecule has 1 aliphatic heterocycles. The van der Waals surface area contributed by atoms with E-state index in [4.69, 9.17) is 0 Å². The lowest BCUT2D eigenvalue weighted by Crippen LogP contribution is -2.52. The Morgan fingerprint density at radius 1 is 1.13 bits per heavy atom. The van der Waals surface area contributed by atoms with E-state index in [9.17, 15) is 4.79 Å². The number of carbonyl (C=O) groups is 1. The Morgan fingerprint density at radius 3 is 2.13 bits per heavy atom. The molecule has 3 heteroatoms. The summed E-state index contributed by atoms with van der Waals surface area (Å²) in [4.78, 5) is 16.5. The maximum atomic E-state index is 12.0. The van der Waals surface area contributed by atoms with E-state index in [1.807, 2.05) is 0 Å². The lowest BCUT2D eigenvalue weighted by molar-refractivity contribution is -0.140. The number of nitrogens with zero attached hydrogens (tertiary/aromatic N) is 2. The molecule has 0 spiro atoms. The molecule has 0 atom stereocenters. The van der Waals surface area contributed by atoms with Gasteiger partial charge in [-0.2, -0.15) is 0 Å². The van der Waals surface area contributed by atoms with Gasteiger partial charge in [-0.1, -0.05) is 6.42 Å². The summed E-state index contributed by atoms with van der Waals surface area (Å²) in [6.07, 6.45) is 3.51. The van der Waals surface area contributed by atoms with Gasteiger partial charge in [0.05, 0.1) is 0 Å². The van der Waals surface area contributed by atoms with Crippen LogP contribution in [0.5, 0.6) is 0 Å². The van der Waals surface area contributed by atoms with Crippen LogP contribution in [0.15, 0.2) is 0 Å².